The number of rotatable bonds is 5. The Bertz CT molecular complexity index is 857. The molecule has 0 saturated carbocycles. The van der Waals surface area contributed by atoms with E-state index in [0.29, 0.717) is 28.4 Å². The second kappa shape index (κ2) is 7.25. The van der Waals surface area contributed by atoms with Crippen LogP contribution in [0.4, 0.5) is 4.39 Å². The summed E-state index contributed by atoms with van der Waals surface area (Å²) in [5.74, 6) is 0.291. The van der Waals surface area contributed by atoms with Crippen LogP contribution in [-0.4, -0.2) is 22.1 Å². The van der Waals surface area contributed by atoms with E-state index < -0.39 is 0 Å². The van der Waals surface area contributed by atoms with Crippen LogP contribution in [0.15, 0.2) is 53.1 Å². The topological polar surface area (TPSA) is 68.0 Å². The molecule has 0 spiro atoms. The first-order valence-corrected chi connectivity index (χ1v) is 8.07. The summed E-state index contributed by atoms with van der Waals surface area (Å²) in [6, 6.07) is 12.9. The zero-order chi connectivity index (χ0) is 17.8. The maximum atomic E-state index is 13.0. The van der Waals surface area contributed by atoms with E-state index in [0.717, 1.165) is 6.42 Å². The van der Waals surface area contributed by atoms with Gasteiger partial charge in [-0.05, 0) is 61.9 Å². The molecule has 0 radical (unpaired) electrons. The number of halogens is 1. The van der Waals surface area contributed by atoms with Gasteiger partial charge in [-0.15, -0.1) is 0 Å². The average Bonchev–Trinajstić information content (AvgIpc) is 3.12. The molecule has 1 atom stereocenters. The lowest BCUT2D eigenvalue weighted by molar-refractivity contribution is 0.0939. The predicted molar refractivity (Wildman–Crippen MR) is 92.3 cm³/mol. The third kappa shape index (κ3) is 3.91. The highest BCUT2D eigenvalue weighted by molar-refractivity contribution is 5.94. The Balaban J connectivity index is 1.77. The van der Waals surface area contributed by atoms with Crippen molar-refractivity contribution in [3.8, 4) is 22.8 Å². The van der Waals surface area contributed by atoms with E-state index in [4.69, 9.17) is 4.52 Å². The fourth-order valence-corrected chi connectivity index (χ4v) is 2.23. The first kappa shape index (κ1) is 16.8. The van der Waals surface area contributed by atoms with Crippen LogP contribution in [0.3, 0.4) is 0 Å². The standard InChI is InChI=1S/C19H18FN3O2/c1-3-12(2)21-18(24)14-4-6-15(7-5-14)19-22-17(23-25-19)13-8-10-16(20)11-9-13/h4-12H,3H2,1-2H3,(H,21,24). The van der Waals surface area contributed by atoms with Gasteiger partial charge in [0, 0.05) is 22.7 Å². The Morgan fingerprint density at radius 1 is 1.12 bits per heavy atom. The summed E-state index contributed by atoms with van der Waals surface area (Å²) in [7, 11) is 0. The lowest BCUT2D eigenvalue weighted by Crippen LogP contribution is -2.31. The zero-order valence-corrected chi connectivity index (χ0v) is 14.0. The van der Waals surface area contributed by atoms with Crippen molar-refractivity contribution in [1.82, 2.24) is 15.5 Å². The summed E-state index contributed by atoms with van der Waals surface area (Å²) in [6.07, 6.45) is 0.873. The van der Waals surface area contributed by atoms with Crippen molar-refractivity contribution < 1.29 is 13.7 Å². The molecule has 1 heterocycles. The van der Waals surface area contributed by atoms with Crippen LogP contribution >= 0.6 is 0 Å². The third-order valence-corrected chi connectivity index (χ3v) is 3.91. The Morgan fingerprint density at radius 2 is 1.76 bits per heavy atom. The molecule has 3 rings (SSSR count). The zero-order valence-electron chi connectivity index (χ0n) is 14.0. The molecule has 1 unspecified atom stereocenters. The van der Waals surface area contributed by atoms with Crippen LogP contribution in [0.5, 0.6) is 0 Å². The van der Waals surface area contributed by atoms with Crippen molar-refractivity contribution in [3.05, 3.63) is 59.9 Å². The third-order valence-electron chi connectivity index (χ3n) is 3.91. The van der Waals surface area contributed by atoms with E-state index in [2.05, 4.69) is 15.5 Å². The number of nitrogens with one attached hydrogen (secondary N) is 1. The largest absolute Gasteiger partial charge is 0.350 e. The minimum Gasteiger partial charge on any atom is -0.350 e. The van der Waals surface area contributed by atoms with Crippen molar-refractivity contribution in [2.24, 2.45) is 0 Å². The van der Waals surface area contributed by atoms with Gasteiger partial charge in [-0.1, -0.05) is 12.1 Å². The van der Waals surface area contributed by atoms with E-state index in [-0.39, 0.29) is 17.8 Å². The van der Waals surface area contributed by atoms with Gasteiger partial charge in [0.15, 0.2) is 0 Å². The van der Waals surface area contributed by atoms with Crippen LogP contribution in [0.1, 0.15) is 30.6 Å². The summed E-state index contributed by atoms with van der Waals surface area (Å²) in [4.78, 5) is 16.4. The summed E-state index contributed by atoms with van der Waals surface area (Å²) in [5, 5.41) is 6.83. The molecule has 1 N–H and O–H groups in total. The summed E-state index contributed by atoms with van der Waals surface area (Å²) < 4.78 is 18.2. The van der Waals surface area contributed by atoms with Gasteiger partial charge < -0.3 is 9.84 Å². The molecular formula is C19H18FN3O2. The molecule has 0 aliphatic carbocycles. The van der Waals surface area contributed by atoms with Gasteiger partial charge in [-0.25, -0.2) is 4.39 Å². The Kier molecular flexibility index (Phi) is 4.88. The normalized spacial score (nSPS) is 12.0. The van der Waals surface area contributed by atoms with Crippen molar-refractivity contribution in [3.63, 3.8) is 0 Å². The van der Waals surface area contributed by atoms with Gasteiger partial charge in [0.05, 0.1) is 0 Å². The van der Waals surface area contributed by atoms with Gasteiger partial charge in [0.1, 0.15) is 5.82 Å². The number of benzene rings is 2. The van der Waals surface area contributed by atoms with E-state index in [1.54, 1.807) is 36.4 Å². The number of amides is 1. The van der Waals surface area contributed by atoms with E-state index in [9.17, 15) is 9.18 Å². The summed E-state index contributed by atoms with van der Waals surface area (Å²) >= 11 is 0. The van der Waals surface area contributed by atoms with Gasteiger partial charge in [-0.3, -0.25) is 4.79 Å². The molecule has 0 fully saturated rings. The van der Waals surface area contributed by atoms with Crippen molar-refractivity contribution >= 4 is 5.91 Å². The lowest BCUT2D eigenvalue weighted by Gasteiger charge is -2.11. The fraction of sp³-hybridized carbons (Fsp3) is 0.211. The van der Waals surface area contributed by atoms with E-state index >= 15 is 0 Å². The van der Waals surface area contributed by atoms with Crippen LogP contribution in [0.2, 0.25) is 0 Å². The summed E-state index contributed by atoms with van der Waals surface area (Å²) in [5.41, 5.74) is 1.95. The van der Waals surface area contributed by atoms with Crippen LogP contribution in [0.25, 0.3) is 22.8 Å². The average molecular weight is 339 g/mol. The Hall–Kier alpha value is -3.02. The molecule has 6 heteroatoms. The predicted octanol–water partition coefficient (Wildman–Crippen LogP) is 4.07. The molecule has 1 amide bonds. The number of nitrogens with zero attached hydrogens (tertiary/aromatic N) is 2. The van der Waals surface area contributed by atoms with Crippen molar-refractivity contribution in [1.29, 1.82) is 0 Å². The molecule has 5 nitrogen and oxygen atoms in total. The van der Waals surface area contributed by atoms with Crippen molar-refractivity contribution in [2.45, 2.75) is 26.3 Å². The number of carbonyl (C=O) groups is 1. The van der Waals surface area contributed by atoms with E-state index in [1.807, 2.05) is 13.8 Å². The molecular weight excluding hydrogens is 321 g/mol. The van der Waals surface area contributed by atoms with Gasteiger partial charge >= 0.3 is 0 Å². The van der Waals surface area contributed by atoms with Gasteiger partial charge in [0.2, 0.25) is 5.82 Å². The molecule has 25 heavy (non-hydrogen) atoms. The quantitative estimate of drug-likeness (QED) is 0.761. The molecule has 0 saturated heterocycles. The smallest absolute Gasteiger partial charge is 0.258 e. The number of hydrogen-bond acceptors (Lipinski definition) is 4. The minimum atomic E-state index is -0.321. The van der Waals surface area contributed by atoms with Crippen LogP contribution in [0, 0.1) is 5.82 Å². The first-order valence-electron chi connectivity index (χ1n) is 8.07. The Labute approximate surface area is 144 Å². The van der Waals surface area contributed by atoms with E-state index in [1.165, 1.54) is 12.1 Å². The minimum absolute atomic E-state index is 0.113. The number of aromatic nitrogens is 2. The summed E-state index contributed by atoms with van der Waals surface area (Å²) in [6.45, 7) is 3.98. The second-order valence-corrected chi connectivity index (χ2v) is 5.79. The lowest BCUT2D eigenvalue weighted by atomic mass is 10.1. The maximum Gasteiger partial charge on any atom is 0.258 e. The van der Waals surface area contributed by atoms with Crippen molar-refractivity contribution in [2.75, 3.05) is 0 Å². The molecule has 128 valence electrons. The van der Waals surface area contributed by atoms with Crippen LogP contribution in [-0.2, 0) is 0 Å². The highest BCUT2D eigenvalue weighted by Crippen LogP contribution is 2.22. The Morgan fingerprint density at radius 3 is 2.40 bits per heavy atom. The number of hydrogen-bond donors (Lipinski definition) is 1. The van der Waals surface area contributed by atoms with Gasteiger partial charge in [-0.2, -0.15) is 4.98 Å². The molecule has 0 aliphatic heterocycles. The highest BCUT2D eigenvalue weighted by atomic mass is 19.1. The second-order valence-electron chi connectivity index (χ2n) is 5.79. The highest BCUT2D eigenvalue weighted by Gasteiger charge is 2.13. The first-order chi connectivity index (χ1) is 12.1. The maximum absolute atomic E-state index is 13.0. The molecule has 1 aromatic heterocycles. The monoisotopic (exact) mass is 339 g/mol. The molecule has 0 aliphatic rings. The number of carbonyl (C=O) groups excluding carboxylic acids is 1. The van der Waals surface area contributed by atoms with Crippen LogP contribution < -0.4 is 5.32 Å². The molecule has 3 aromatic rings. The molecule has 2 aromatic carbocycles. The SMILES string of the molecule is CCC(C)NC(=O)c1ccc(-c2nc(-c3ccc(F)cc3)no2)cc1. The molecule has 0 bridgehead atoms. The fourth-order valence-electron chi connectivity index (χ4n) is 2.23. The van der Waals surface area contributed by atoms with Gasteiger partial charge in [0.25, 0.3) is 11.8 Å².